The lowest BCUT2D eigenvalue weighted by molar-refractivity contribution is -0.152. The fraction of sp³-hybridized carbons (Fsp3) is 0.625. The second-order valence-electron chi connectivity index (χ2n) is 5.91. The van der Waals surface area contributed by atoms with Crippen molar-refractivity contribution < 1.29 is 9.90 Å². The Morgan fingerprint density at radius 2 is 2.15 bits per heavy atom. The van der Waals surface area contributed by atoms with Crippen LogP contribution < -0.4 is 0 Å². The van der Waals surface area contributed by atoms with Crippen LogP contribution in [0, 0.1) is 12.3 Å². The molecule has 4 heteroatoms. The van der Waals surface area contributed by atoms with Crippen molar-refractivity contribution in [3.8, 4) is 0 Å². The van der Waals surface area contributed by atoms with Crippen LogP contribution in [0.2, 0.25) is 0 Å². The highest BCUT2D eigenvalue weighted by Crippen LogP contribution is 2.36. The van der Waals surface area contributed by atoms with E-state index < -0.39 is 11.4 Å². The van der Waals surface area contributed by atoms with Crippen molar-refractivity contribution in [2.24, 2.45) is 5.41 Å². The highest BCUT2D eigenvalue weighted by atomic mass is 16.4. The first-order valence-corrected chi connectivity index (χ1v) is 7.42. The van der Waals surface area contributed by atoms with E-state index in [2.05, 4.69) is 23.7 Å². The summed E-state index contributed by atoms with van der Waals surface area (Å²) >= 11 is 0. The first-order valence-electron chi connectivity index (χ1n) is 7.42. The normalized spacial score (nSPS) is 18.9. The van der Waals surface area contributed by atoms with Crippen molar-refractivity contribution >= 4 is 5.97 Å². The predicted molar refractivity (Wildman–Crippen MR) is 78.5 cm³/mol. The molecule has 20 heavy (non-hydrogen) atoms. The number of likely N-dealkylation sites (tertiary alicyclic amines) is 1. The zero-order valence-corrected chi connectivity index (χ0v) is 12.4. The number of aryl methyl sites for hydroxylation is 1. The summed E-state index contributed by atoms with van der Waals surface area (Å²) < 4.78 is 0. The van der Waals surface area contributed by atoms with E-state index in [9.17, 15) is 9.90 Å². The van der Waals surface area contributed by atoms with E-state index in [1.165, 1.54) is 11.1 Å². The Balaban J connectivity index is 1.97. The molecule has 1 aromatic heterocycles. The molecule has 2 heterocycles. The minimum Gasteiger partial charge on any atom is -0.481 e. The van der Waals surface area contributed by atoms with Crippen LogP contribution >= 0.6 is 0 Å². The molecule has 1 saturated heterocycles. The average Bonchev–Trinajstić information content (AvgIpc) is 2.43. The lowest BCUT2D eigenvalue weighted by Crippen LogP contribution is -2.44. The molecule has 0 aromatic carbocycles. The molecule has 0 amide bonds. The summed E-state index contributed by atoms with van der Waals surface area (Å²) in [5, 5.41) is 9.51. The molecule has 0 aliphatic carbocycles. The molecule has 1 N–H and O–H groups in total. The number of carbonyl (C=O) groups is 1. The smallest absolute Gasteiger partial charge is 0.309 e. The molecule has 0 radical (unpaired) electrons. The van der Waals surface area contributed by atoms with Gasteiger partial charge < -0.3 is 5.11 Å². The topological polar surface area (TPSA) is 53.4 Å². The summed E-state index contributed by atoms with van der Waals surface area (Å²) in [5.41, 5.74) is 2.00. The molecule has 4 nitrogen and oxygen atoms in total. The van der Waals surface area contributed by atoms with Crippen molar-refractivity contribution in [1.29, 1.82) is 0 Å². The summed E-state index contributed by atoms with van der Waals surface area (Å²) in [7, 11) is 0. The number of pyridine rings is 1. The third-order valence-corrected chi connectivity index (χ3v) is 4.54. The van der Waals surface area contributed by atoms with Gasteiger partial charge in [0.2, 0.25) is 0 Å². The Bertz CT molecular complexity index is 465. The van der Waals surface area contributed by atoms with Gasteiger partial charge >= 0.3 is 5.97 Å². The van der Waals surface area contributed by atoms with E-state index in [4.69, 9.17) is 0 Å². The molecule has 1 aliphatic rings. The zero-order chi connectivity index (χ0) is 14.6. The number of rotatable bonds is 5. The van der Waals surface area contributed by atoms with Gasteiger partial charge in [0, 0.05) is 18.9 Å². The van der Waals surface area contributed by atoms with Crippen molar-refractivity contribution in [1.82, 2.24) is 9.88 Å². The van der Waals surface area contributed by atoms with Gasteiger partial charge in [0.05, 0.1) is 5.41 Å². The van der Waals surface area contributed by atoms with Gasteiger partial charge in [-0.15, -0.1) is 0 Å². The van der Waals surface area contributed by atoms with Crippen LogP contribution in [0.1, 0.15) is 43.7 Å². The molecule has 0 bridgehead atoms. The second kappa shape index (κ2) is 6.35. The summed E-state index contributed by atoms with van der Waals surface area (Å²) in [4.78, 5) is 18.1. The molecule has 0 atom stereocenters. The van der Waals surface area contributed by atoms with E-state index >= 15 is 0 Å². The average molecular weight is 276 g/mol. The van der Waals surface area contributed by atoms with Gasteiger partial charge in [0.1, 0.15) is 0 Å². The van der Waals surface area contributed by atoms with Crippen molar-refractivity contribution in [2.45, 2.75) is 46.1 Å². The number of aromatic nitrogens is 1. The second-order valence-corrected chi connectivity index (χ2v) is 5.91. The lowest BCUT2D eigenvalue weighted by Gasteiger charge is -2.39. The molecule has 0 unspecified atom stereocenters. The van der Waals surface area contributed by atoms with Crippen molar-refractivity contribution in [3.05, 3.63) is 29.6 Å². The highest BCUT2D eigenvalue weighted by Gasteiger charge is 2.40. The van der Waals surface area contributed by atoms with Crippen LogP contribution in [-0.4, -0.2) is 34.0 Å². The Kier molecular flexibility index (Phi) is 4.76. The summed E-state index contributed by atoms with van der Waals surface area (Å²) in [5.74, 6) is -0.614. The minimum absolute atomic E-state index is 0.491. The molecular formula is C16H24N2O2. The van der Waals surface area contributed by atoms with Crippen LogP contribution in [0.3, 0.4) is 0 Å². The van der Waals surface area contributed by atoms with Crippen LogP contribution in [0.25, 0.3) is 0 Å². The van der Waals surface area contributed by atoms with Gasteiger partial charge in [0.15, 0.2) is 0 Å². The predicted octanol–water partition coefficient (Wildman–Crippen LogP) is 2.86. The highest BCUT2D eigenvalue weighted by molar-refractivity contribution is 5.74. The summed E-state index contributed by atoms with van der Waals surface area (Å²) in [6, 6.07) is 2.03. The minimum atomic E-state index is -0.614. The molecule has 2 rings (SSSR count). The van der Waals surface area contributed by atoms with Crippen LogP contribution in [-0.2, 0) is 11.3 Å². The van der Waals surface area contributed by atoms with E-state index in [0.29, 0.717) is 0 Å². The van der Waals surface area contributed by atoms with Crippen molar-refractivity contribution in [2.75, 3.05) is 13.1 Å². The summed E-state index contributed by atoms with van der Waals surface area (Å²) in [6.07, 6.45) is 6.98. The van der Waals surface area contributed by atoms with Gasteiger partial charge in [-0.2, -0.15) is 0 Å². The van der Waals surface area contributed by atoms with Gasteiger partial charge in [-0.05, 0) is 56.5 Å². The van der Waals surface area contributed by atoms with Crippen LogP contribution in [0.5, 0.6) is 0 Å². The number of hydrogen-bond donors (Lipinski definition) is 1. The van der Waals surface area contributed by atoms with Crippen LogP contribution in [0.15, 0.2) is 18.5 Å². The van der Waals surface area contributed by atoms with Gasteiger partial charge in [0.25, 0.3) is 0 Å². The third-order valence-electron chi connectivity index (χ3n) is 4.54. The first kappa shape index (κ1) is 15.0. The number of carboxylic acids is 1. The third kappa shape index (κ3) is 3.18. The largest absolute Gasteiger partial charge is 0.481 e. The van der Waals surface area contributed by atoms with E-state index in [0.717, 1.165) is 45.3 Å². The van der Waals surface area contributed by atoms with Crippen molar-refractivity contribution in [3.63, 3.8) is 0 Å². The van der Waals surface area contributed by atoms with Gasteiger partial charge in [-0.1, -0.05) is 13.3 Å². The maximum atomic E-state index is 11.6. The molecule has 110 valence electrons. The number of hydrogen-bond acceptors (Lipinski definition) is 3. The van der Waals surface area contributed by atoms with Crippen LogP contribution in [0.4, 0.5) is 0 Å². The maximum absolute atomic E-state index is 11.6. The Morgan fingerprint density at radius 1 is 1.45 bits per heavy atom. The monoisotopic (exact) mass is 276 g/mol. The van der Waals surface area contributed by atoms with Gasteiger partial charge in [-0.3, -0.25) is 14.7 Å². The number of nitrogens with zero attached hydrogens (tertiary/aromatic N) is 2. The molecule has 1 aliphatic heterocycles. The molecule has 1 fully saturated rings. The molecule has 0 saturated carbocycles. The molecule has 0 spiro atoms. The summed E-state index contributed by atoms with van der Waals surface area (Å²) in [6.45, 7) is 6.76. The van der Waals surface area contributed by atoms with Gasteiger partial charge in [-0.25, -0.2) is 0 Å². The molecule has 1 aromatic rings. The Labute approximate surface area is 120 Å². The van der Waals surface area contributed by atoms with E-state index in [1.54, 1.807) is 0 Å². The fourth-order valence-corrected chi connectivity index (χ4v) is 3.09. The molecular weight excluding hydrogens is 252 g/mol. The fourth-order valence-electron chi connectivity index (χ4n) is 3.09. The lowest BCUT2D eigenvalue weighted by atomic mass is 9.75. The maximum Gasteiger partial charge on any atom is 0.309 e. The van der Waals surface area contributed by atoms with E-state index in [1.807, 2.05) is 18.5 Å². The first-order chi connectivity index (χ1) is 9.57. The zero-order valence-electron chi connectivity index (χ0n) is 12.4. The quantitative estimate of drug-likeness (QED) is 0.898. The van der Waals surface area contributed by atoms with E-state index in [-0.39, 0.29) is 0 Å². The Hall–Kier alpha value is -1.42. The number of carboxylic acid groups (broad SMARTS) is 1. The number of aliphatic carboxylic acids is 1. The Morgan fingerprint density at radius 3 is 2.70 bits per heavy atom. The number of piperidine rings is 1. The SMILES string of the molecule is CCCC1(C(=O)O)CCN(Cc2cnccc2C)CC1. The standard InChI is InChI=1S/C16H24N2O2/c1-3-5-16(15(19)20)6-9-18(10-7-16)12-14-11-17-8-4-13(14)2/h4,8,11H,3,5-7,9-10,12H2,1-2H3,(H,19,20).